The van der Waals surface area contributed by atoms with Gasteiger partial charge < -0.3 is 29.5 Å². The van der Waals surface area contributed by atoms with Crippen LogP contribution < -0.4 is 0 Å². The number of ether oxygens (including phenoxy) is 2. The van der Waals surface area contributed by atoms with Crippen LogP contribution in [0.15, 0.2) is 4.99 Å². The third-order valence-electron chi connectivity index (χ3n) is 4.67. The molecule has 0 aromatic carbocycles. The fourth-order valence-electron chi connectivity index (χ4n) is 2.94. The average molecular weight is 359 g/mol. The van der Waals surface area contributed by atoms with E-state index in [2.05, 4.69) is 9.89 Å². The number of likely N-dealkylation sites (tertiary alicyclic amines) is 1. The molecule has 136 valence electrons. The minimum absolute atomic E-state index is 0.0869. The van der Waals surface area contributed by atoms with Gasteiger partial charge in [0, 0.05) is 26.2 Å². The molecule has 2 saturated heterocycles. The van der Waals surface area contributed by atoms with Gasteiger partial charge in [-0.25, -0.2) is 4.79 Å². The monoisotopic (exact) mass is 359 g/mol. The molecule has 8 nitrogen and oxygen atoms in total. The average Bonchev–Trinajstić information content (AvgIpc) is 2.92. The van der Waals surface area contributed by atoms with E-state index in [0.29, 0.717) is 13.1 Å². The molecule has 3 rings (SSSR count). The van der Waals surface area contributed by atoms with E-state index < -0.39 is 30.4 Å². The van der Waals surface area contributed by atoms with Crippen LogP contribution in [0.2, 0.25) is 0 Å². The second-order valence-electron chi connectivity index (χ2n) is 6.13. The summed E-state index contributed by atoms with van der Waals surface area (Å²) in [6, 6.07) is -0.477. The Balaban J connectivity index is 1.57. The molecule has 0 radical (unpaired) electrons. The molecule has 3 aliphatic rings. The van der Waals surface area contributed by atoms with Gasteiger partial charge in [0.1, 0.15) is 36.4 Å². The molecular weight excluding hydrogens is 334 g/mol. The summed E-state index contributed by atoms with van der Waals surface area (Å²) in [5.74, 6) is 0. The van der Waals surface area contributed by atoms with Crippen LogP contribution in [0.1, 0.15) is 20.3 Å². The van der Waals surface area contributed by atoms with Gasteiger partial charge in [-0.15, -0.1) is 0 Å². The van der Waals surface area contributed by atoms with Crippen molar-refractivity contribution in [1.82, 2.24) is 9.80 Å². The number of carbonyl (C=O) groups is 1. The van der Waals surface area contributed by atoms with E-state index in [0.717, 1.165) is 24.7 Å². The van der Waals surface area contributed by atoms with E-state index in [1.807, 2.05) is 13.8 Å². The fraction of sp³-hybridized carbons (Fsp3) is 0.867. The Morgan fingerprint density at radius 2 is 2.08 bits per heavy atom. The summed E-state index contributed by atoms with van der Waals surface area (Å²) in [6.45, 7) is 6.70. The maximum absolute atomic E-state index is 11.9. The van der Waals surface area contributed by atoms with Crippen molar-refractivity contribution in [2.75, 3.05) is 32.8 Å². The van der Waals surface area contributed by atoms with Gasteiger partial charge in [-0.1, -0.05) is 11.8 Å². The number of hydrogen-bond acceptors (Lipinski definition) is 8. The van der Waals surface area contributed by atoms with Gasteiger partial charge in [-0.2, -0.15) is 0 Å². The van der Waals surface area contributed by atoms with Gasteiger partial charge in [0.15, 0.2) is 5.17 Å². The Hall–Kier alpha value is -1.03. The van der Waals surface area contributed by atoms with Crippen molar-refractivity contribution in [3.63, 3.8) is 0 Å². The van der Waals surface area contributed by atoms with Crippen LogP contribution in [-0.4, -0.2) is 93.8 Å². The zero-order chi connectivity index (χ0) is 17.3. The molecule has 0 saturated carbocycles. The van der Waals surface area contributed by atoms with Crippen molar-refractivity contribution in [3.8, 4) is 0 Å². The smallest absolute Gasteiger partial charge is 0.409 e. The van der Waals surface area contributed by atoms with Crippen molar-refractivity contribution < 1.29 is 24.5 Å². The number of nitrogens with zero attached hydrogens (tertiary/aromatic N) is 3. The third-order valence-corrected chi connectivity index (χ3v) is 5.87. The first-order valence-electron chi connectivity index (χ1n) is 8.47. The minimum Gasteiger partial charge on any atom is -0.447 e. The molecule has 3 aliphatic heterocycles. The minimum atomic E-state index is -1.13. The lowest BCUT2D eigenvalue weighted by atomic mass is 9.99. The van der Waals surface area contributed by atoms with Gasteiger partial charge in [0.2, 0.25) is 0 Å². The highest BCUT2D eigenvalue weighted by Gasteiger charge is 2.49. The molecule has 0 aromatic rings. The lowest BCUT2D eigenvalue weighted by Gasteiger charge is -2.38. The van der Waals surface area contributed by atoms with E-state index in [9.17, 15) is 15.0 Å². The Bertz CT molecular complexity index is 498. The van der Waals surface area contributed by atoms with Crippen LogP contribution in [0.25, 0.3) is 0 Å². The SMILES string of the molecule is CCN(CC)C(=O)OC[C@H]1O[C@@H]2SC(N3CCC3)=N[C@@H]2[C@@H](O)[C@@H]1O. The number of carbonyl (C=O) groups excluding carboxylic acids is 1. The van der Waals surface area contributed by atoms with Crippen LogP contribution in [-0.2, 0) is 9.47 Å². The maximum atomic E-state index is 11.9. The lowest BCUT2D eigenvalue weighted by Crippen LogP contribution is -2.56. The van der Waals surface area contributed by atoms with Crippen molar-refractivity contribution >= 4 is 23.0 Å². The van der Waals surface area contributed by atoms with Crippen LogP contribution in [0.5, 0.6) is 0 Å². The topological polar surface area (TPSA) is 94.8 Å². The summed E-state index contributed by atoms with van der Waals surface area (Å²) in [5, 5.41) is 21.5. The molecular formula is C15H25N3O5S. The van der Waals surface area contributed by atoms with Crippen LogP contribution >= 0.6 is 11.8 Å². The molecule has 0 spiro atoms. The predicted molar refractivity (Wildman–Crippen MR) is 89.9 cm³/mol. The zero-order valence-corrected chi connectivity index (χ0v) is 14.8. The van der Waals surface area contributed by atoms with Crippen molar-refractivity contribution in [2.24, 2.45) is 4.99 Å². The number of amidine groups is 1. The molecule has 0 aromatic heterocycles. The van der Waals surface area contributed by atoms with Gasteiger partial charge in [0.05, 0.1) is 0 Å². The molecule has 2 N–H and O–H groups in total. The van der Waals surface area contributed by atoms with Crippen LogP contribution in [0.3, 0.4) is 0 Å². The number of hydrogen-bond donors (Lipinski definition) is 2. The summed E-state index contributed by atoms with van der Waals surface area (Å²) in [7, 11) is 0. The van der Waals surface area contributed by atoms with Crippen molar-refractivity contribution in [3.05, 3.63) is 0 Å². The summed E-state index contributed by atoms with van der Waals surface area (Å²) >= 11 is 1.47. The summed E-state index contributed by atoms with van der Waals surface area (Å²) in [6.07, 6.45) is -2.20. The zero-order valence-electron chi connectivity index (χ0n) is 14.0. The van der Waals surface area contributed by atoms with E-state index in [1.165, 1.54) is 11.8 Å². The number of thioether (sulfide) groups is 1. The molecule has 9 heteroatoms. The van der Waals surface area contributed by atoms with Gasteiger partial charge in [0.25, 0.3) is 0 Å². The lowest BCUT2D eigenvalue weighted by molar-refractivity contribution is -0.165. The highest BCUT2D eigenvalue weighted by molar-refractivity contribution is 8.14. The maximum Gasteiger partial charge on any atom is 0.409 e. The summed E-state index contributed by atoms with van der Waals surface area (Å²) in [4.78, 5) is 20.1. The van der Waals surface area contributed by atoms with E-state index in [4.69, 9.17) is 9.47 Å². The first kappa shape index (κ1) is 17.8. The molecule has 0 unspecified atom stereocenters. The summed E-state index contributed by atoms with van der Waals surface area (Å²) in [5.41, 5.74) is -0.351. The van der Waals surface area contributed by atoms with E-state index in [1.54, 1.807) is 4.90 Å². The largest absolute Gasteiger partial charge is 0.447 e. The molecule has 3 heterocycles. The number of rotatable bonds is 4. The predicted octanol–water partition coefficient (Wildman–Crippen LogP) is 0.0886. The van der Waals surface area contributed by atoms with Crippen LogP contribution in [0, 0.1) is 0 Å². The number of aliphatic hydroxyl groups excluding tert-OH is 2. The Morgan fingerprint density at radius 1 is 1.38 bits per heavy atom. The Kier molecular flexibility index (Phi) is 5.53. The second-order valence-corrected chi connectivity index (χ2v) is 7.20. The highest BCUT2D eigenvalue weighted by Crippen LogP contribution is 2.38. The standard InChI is InChI=1S/C15H25N3O5S/c1-3-17(4-2)15(21)22-8-9-11(19)12(20)10-13(23-9)24-14(16-10)18-6-5-7-18/h9-13,19-20H,3-8H2,1-2H3/t9-,10-,11-,12-,13-/m1/s1. The molecule has 0 bridgehead atoms. The molecule has 0 aliphatic carbocycles. The summed E-state index contributed by atoms with van der Waals surface area (Å²) < 4.78 is 11.1. The van der Waals surface area contributed by atoms with Gasteiger partial charge >= 0.3 is 6.09 Å². The third kappa shape index (κ3) is 3.35. The second kappa shape index (κ2) is 7.47. The fourth-order valence-corrected chi connectivity index (χ4v) is 4.22. The number of fused-ring (bicyclic) bond motifs is 1. The Morgan fingerprint density at radius 3 is 2.67 bits per heavy atom. The van der Waals surface area contributed by atoms with E-state index >= 15 is 0 Å². The van der Waals surface area contributed by atoms with Crippen molar-refractivity contribution in [2.45, 2.75) is 50.1 Å². The van der Waals surface area contributed by atoms with Gasteiger partial charge in [-0.3, -0.25) is 4.99 Å². The Labute approximate surface area is 145 Å². The number of aliphatic hydroxyl groups is 2. The molecule has 5 atom stereocenters. The first-order chi connectivity index (χ1) is 11.5. The molecule has 2 fully saturated rings. The van der Waals surface area contributed by atoms with Crippen molar-refractivity contribution in [1.29, 1.82) is 0 Å². The molecule has 1 amide bonds. The highest BCUT2D eigenvalue weighted by atomic mass is 32.2. The number of aliphatic imine (C=N–C) groups is 1. The van der Waals surface area contributed by atoms with Crippen LogP contribution in [0.4, 0.5) is 4.79 Å². The normalized spacial score (nSPS) is 35.1. The quantitative estimate of drug-likeness (QED) is 0.734. The number of amides is 1. The van der Waals surface area contributed by atoms with Gasteiger partial charge in [-0.05, 0) is 20.3 Å². The molecule has 24 heavy (non-hydrogen) atoms. The first-order valence-corrected chi connectivity index (χ1v) is 9.35. The van der Waals surface area contributed by atoms with E-state index in [-0.39, 0.29) is 12.0 Å².